The van der Waals surface area contributed by atoms with Crippen LogP contribution in [0.15, 0.2) is 18.2 Å². The maximum absolute atomic E-state index is 4.52. The largest absolute Gasteiger partial charge is 0.308 e. The first-order valence-electron chi connectivity index (χ1n) is 6.41. The van der Waals surface area contributed by atoms with Gasteiger partial charge in [0.05, 0.1) is 5.69 Å². The summed E-state index contributed by atoms with van der Waals surface area (Å²) in [5.74, 6) is 0.818. The molecule has 0 amide bonds. The summed E-state index contributed by atoms with van der Waals surface area (Å²) in [6.45, 7) is 5.32. The molecule has 1 aliphatic carbocycles. The Labute approximate surface area is 98.5 Å². The van der Waals surface area contributed by atoms with E-state index in [2.05, 4.69) is 29.4 Å². The second kappa shape index (κ2) is 5.44. The Kier molecular flexibility index (Phi) is 3.94. The first-order valence-corrected chi connectivity index (χ1v) is 6.41. The molecule has 2 atom stereocenters. The molecule has 2 heteroatoms. The first kappa shape index (κ1) is 11.6. The van der Waals surface area contributed by atoms with Crippen molar-refractivity contribution in [2.45, 2.75) is 52.1 Å². The van der Waals surface area contributed by atoms with Crippen molar-refractivity contribution in [3.63, 3.8) is 0 Å². The zero-order valence-electron chi connectivity index (χ0n) is 10.4. The Morgan fingerprint density at radius 1 is 1.31 bits per heavy atom. The Balaban J connectivity index is 1.86. The van der Waals surface area contributed by atoms with Gasteiger partial charge in [-0.05, 0) is 37.8 Å². The molecule has 1 aromatic heterocycles. The molecule has 1 N–H and O–H groups in total. The predicted molar refractivity (Wildman–Crippen MR) is 67.2 cm³/mol. The van der Waals surface area contributed by atoms with E-state index >= 15 is 0 Å². The smallest absolute Gasteiger partial charge is 0.0544 e. The van der Waals surface area contributed by atoms with Crippen LogP contribution in [0.25, 0.3) is 0 Å². The second-order valence-corrected chi connectivity index (χ2v) is 5.02. The topological polar surface area (TPSA) is 24.9 Å². The van der Waals surface area contributed by atoms with Gasteiger partial charge in [0.2, 0.25) is 0 Å². The van der Waals surface area contributed by atoms with Crippen molar-refractivity contribution in [2.24, 2.45) is 5.92 Å². The molecule has 0 radical (unpaired) electrons. The van der Waals surface area contributed by atoms with Gasteiger partial charge in [-0.1, -0.05) is 25.8 Å². The van der Waals surface area contributed by atoms with E-state index < -0.39 is 0 Å². The highest BCUT2D eigenvalue weighted by atomic mass is 14.9. The number of hydrogen-bond acceptors (Lipinski definition) is 2. The number of pyridine rings is 1. The highest BCUT2D eigenvalue weighted by Crippen LogP contribution is 2.23. The van der Waals surface area contributed by atoms with Gasteiger partial charge in [-0.2, -0.15) is 0 Å². The fourth-order valence-corrected chi connectivity index (χ4v) is 2.55. The van der Waals surface area contributed by atoms with Crippen molar-refractivity contribution in [1.82, 2.24) is 10.3 Å². The molecule has 2 unspecified atom stereocenters. The van der Waals surface area contributed by atoms with E-state index in [1.807, 2.05) is 13.0 Å². The average Bonchev–Trinajstić information content (AvgIpc) is 2.28. The molecular formula is C14H22N2. The van der Waals surface area contributed by atoms with Crippen LogP contribution in [-0.4, -0.2) is 11.0 Å². The highest BCUT2D eigenvalue weighted by molar-refractivity contribution is 5.09. The standard InChI is InChI=1S/C14H22N2/c1-11-6-3-4-9-14(11)15-10-13-8-5-7-12(2)16-13/h5,7-8,11,14-15H,3-4,6,9-10H2,1-2H3. The number of rotatable bonds is 3. The lowest BCUT2D eigenvalue weighted by molar-refractivity contribution is 0.278. The Bertz CT molecular complexity index is 335. The van der Waals surface area contributed by atoms with E-state index in [9.17, 15) is 0 Å². The molecule has 88 valence electrons. The number of nitrogens with one attached hydrogen (secondary N) is 1. The number of hydrogen-bond donors (Lipinski definition) is 1. The van der Waals surface area contributed by atoms with Gasteiger partial charge in [-0.15, -0.1) is 0 Å². The lowest BCUT2D eigenvalue weighted by Crippen LogP contribution is -2.36. The maximum atomic E-state index is 4.52. The molecule has 1 aliphatic rings. The van der Waals surface area contributed by atoms with Crippen molar-refractivity contribution in [2.75, 3.05) is 0 Å². The molecule has 2 nitrogen and oxygen atoms in total. The van der Waals surface area contributed by atoms with Crippen LogP contribution in [0, 0.1) is 12.8 Å². The van der Waals surface area contributed by atoms with Gasteiger partial charge in [0, 0.05) is 18.3 Å². The van der Waals surface area contributed by atoms with Crippen molar-refractivity contribution in [3.05, 3.63) is 29.6 Å². The molecule has 0 spiro atoms. The normalized spacial score (nSPS) is 25.6. The molecule has 0 saturated heterocycles. The molecular weight excluding hydrogens is 196 g/mol. The number of nitrogens with zero attached hydrogens (tertiary/aromatic N) is 1. The van der Waals surface area contributed by atoms with Crippen LogP contribution in [0.3, 0.4) is 0 Å². The summed E-state index contributed by atoms with van der Waals surface area (Å²) in [6.07, 6.45) is 5.48. The van der Waals surface area contributed by atoms with Crippen LogP contribution in [0.1, 0.15) is 44.0 Å². The van der Waals surface area contributed by atoms with Crippen LogP contribution in [0.5, 0.6) is 0 Å². The molecule has 1 heterocycles. The Morgan fingerprint density at radius 3 is 2.88 bits per heavy atom. The fourth-order valence-electron chi connectivity index (χ4n) is 2.55. The second-order valence-electron chi connectivity index (χ2n) is 5.02. The third-order valence-corrected chi connectivity index (χ3v) is 3.60. The van der Waals surface area contributed by atoms with Gasteiger partial charge in [-0.3, -0.25) is 4.98 Å². The van der Waals surface area contributed by atoms with Gasteiger partial charge < -0.3 is 5.32 Å². The predicted octanol–water partition coefficient (Wildman–Crippen LogP) is 3.06. The minimum Gasteiger partial charge on any atom is -0.308 e. The van der Waals surface area contributed by atoms with Crippen molar-refractivity contribution >= 4 is 0 Å². The summed E-state index contributed by atoms with van der Waals surface area (Å²) < 4.78 is 0. The summed E-state index contributed by atoms with van der Waals surface area (Å²) in [5.41, 5.74) is 2.27. The Hall–Kier alpha value is -0.890. The minimum absolute atomic E-state index is 0.691. The van der Waals surface area contributed by atoms with Gasteiger partial charge in [-0.25, -0.2) is 0 Å². The van der Waals surface area contributed by atoms with Crippen LogP contribution in [0.4, 0.5) is 0 Å². The lowest BCUT2D eigenvalue weighted by Gasteiger charge is -2.29. The third-order valence-electron chi connectivity index (χ3n) is 3.60. The van der Waals surface area contributed by atoms with Crippen molar-refractivity contribution in [1.29, 1.82) is 0 Å². The molecule has 1 fully saturated rings. The monoisotopic (exact) mass is 218 g/mol. The molecule has 1 saturated carbocycles. The first-order chi connectivity index (χ1) is 7.75. The SMILES string of the molecule is Cc1cccc(CNC2CCCCC2C)n1. The van der Waals surface area contributed by atoms with Crippen LogP contribution < -0.4 is 5.32 Å². The summed E-state index contributed by atoms with van der Waals surface area (Å²) >= 11 is 0. The maximum Gasteiger partial charge on any atom is 0.0544 e. The molecule has 1 aromatic rings. The van der Waals surface area contributed by atoms with Crippen molar-refractivity contribution < 1.29 is 0 Å². The van der Waals surface area contributed by atoms with E-state index in [0.29, 0.717) is 6.04 Å². The molecule has 0 aromatic carbocycles. The van der Waals surface area contributed by atoms with Crippen molar-refractivity contribution in [3.8, 4) is 0 Å². The van der Waals surface area contributed by atoms with E-state index in [0.717, 1.165) is 23.9 Å². The zero-order chi connectivity index (χ0) is 11.4. The van der Waals surface area contributed by atoms with E-state index in [4.69, 9.17) is 0 Å². The van der Waals surface area contributed by atoms with Gasteiger partial charge in [0.1, 0.15) is 0 Å². The highest BCUT2D eigenvalue weighted by Gasteiger charge is 2.20. The van der Waals surface area contributed by atoms with Crippen LogP contribution >= 0.6 is 0 Å². The Morgan fingerprint density at radius 2 is 2.12 bits per heavy atom. The van der Waals surface area contributed by atoms with Crippen LogP contribution in [-0.2, 0) is 6.54 Å². The quantitative estimate of drug-likeness (QED) is 0.843. The van der Waals surface area contributed by atoms with Gasteiger partial charge in [0.25, 0.3) is 0 Å². The van der Waals surface area contributed by atoms with E-state index in [1.54, 1.807) is 0 Å². The number of aryl methyl sites for hydroxylation is 1. The third kappa shape index (κ3) is 3.05. The molecule has 0 bridgehead atoms. The minimum atomic E-state index is 0.691. The summed E-state index contributed by atoms with van der Waals surface area (Å²) in [6, 6.07) is 6.93. The molecule has 2 rings (SSSR count). The summed E-state index contributed by atoms with van der Waals surface area (Å²) in [4.78, 5) is 4.52. The zero-order valence-corrected chi connectivity index (χ0v) is 10.4. The van der Waals surface area contributed by atoms with Gasteiger partial charge >= 0.3 is 0 Å². The summed E-state index contributed by atoms with van der Waals surface area (Å²) in [7, 11) is 0. The lowest BCUT2D eigenvalue weighted by atomic mass is 9.86. The molecule has 16 heavy (non-hydrogen) atoms. The van der Waals surface area contributed by atoms with Crippen LogP contribution in [0.2, 0.25) is 0 Å². The fraction of sp³-hybridized carbons (Fsp3) is 0.643. The summed E-state index contributed by atoms with van der Waals surface area (Å²) in [5, 5.41) is 3.65. The number of aromatic nitrogens is 1. The van der Waals surface area contributed by atoms with Gasteiger partial charge in [0.15, 0.2) is 0 Å². The van der Waals surface area contributed by atoms with E-state index in [-0.39, 0.29) is 0 Å². The average molecular weight is 218 g/mol. The van der Waals surface area contributed by atoms with E-state index in [1.165, 1.54) is 25.7 Å². The molecule has 0 aliphatic heterocycles.